The Labute approximate surface area is 161 Å². The molecule has 142 valence electrons. The highest BCUT2D eigenvalue weighted by Crippen LogP contribution is 2.23. The summed E-state index contributed by atoms with van der Waals surface area (Å²) in [5, 5.41) is 10.2. The largest absolute Gasteiger partial charge is 0.481 e. The molecular weight excluding hydrogens is 370 g/mol. The van der Waals surface area contributed by atoms with Gasteiger partial charge in [0, 0.05) is 36.7 Å². The van der Waals surface area contributed by atoms with E-state index in [1.165, 1.54) is 4.90 Å². The Hall–Kier alpha value is -2.67. The summed E-state index contributed by atoms with van der Waals surface area (Å²) in [6.07, 6.45) is 2.47. The van der Waals surface area contributed by atoms with Crippen LogP contribution in [0.1, 0.15) is 23.2 Å². The van der Waals surface area contributed by atoms with Gasteiger partial charge in [-0.15, -0.1) is 0 Å². The van der Waals surface area contributed by atoms with Crippen molar-refractivity contribution in [2.24, 2.45) is 5.92 Å². The van der Waals surface area contributed by atoms with Crippen LogP contribution in [0.5, 0.6) is 0 Å². The zero-order valence-corrected chi connectivity index (χ0v) is 15.6. The van der Waals surface area contributed by atoms with Crippen molar-refractivity contribution in [3.63, 3.8) is 0 Å². The number of pyridine rings is 1. The first kappa shape index (κ1) is 19.1. The highest BCUT2D eigenvalue weighted by molar-refractivity contribution is 6.32. The maximum Gasteiger partial charge on any atom is 0.306 e. The summed E-state index contributed by atoms with van der Waals surface area (Å²) in [5.74, 6) is -1.77. The third-order valence-corrected chi connectivity index (χ3v) is 5.03. The van der Waals surface area contributed by atoms with Gasteiger partial charge in [0.2, 0.25) is 5.91 Å². The molecule has 1 fully saturated rings. The summed E-state index contributed by atoms with van der Waals surface area (Å²) < 4.78 is 0. The Bertz CT molecular complexity index is 894. The number of nitrogens with zero attached hydrogens (tertiary/aromatic N) is 3. The van der Waals surface area contributed by atoms with Crippen LogP contribution in [0.3, 0.4) is 0 Å². The Kier molecular flexibility index (Phi) is 5.60. The van der Waals surface area contributed by atoms with Gasteiger partial charge >= 0.3 is 5.97 Å². The third kappa shape index (κ3) is 4.19. The van der Waals surface area contributed by atoms with E-state index in [0.29, 0.717) is 42.0 Å². The summed E-state index contributed by atoms with van der Waals surface area (Å²) in [6.45, 7) is 0.691. The smallest absolute Gasteiger partial charge is 0.306 e. The first-order valence-electron chi connectivity index (χ1n) is 8.67. The molecule has 8 heteroatoms. The zero-order chi connectivity index (χ0) is 19.6. The van der Waals surface area contributed by atoms with E-state index >= 15 is 0 Å². The van der Waals surface area contributed by atoms with Gasteiger partial charge in [0.25, 0.3) is 5.91 Å². The number of likely N-dealkylation sites (N-methyl/N-ethyl adjacent to an activating group) is 1. The zero-order valence-electron chi connectivity index (χ0n) is 14.9. The molecular formula is C19H20ClN3O4. The maximum atomic E-state index is 12.8. The van der Waals surface area contributed by atoms with Crippen molar-refractivity contribution in [2.45, 2.75) is 12.8 Å². The normalized spacial score (nSPS) is 15.0. The van der Waals surface area contributed by atoms with E-state index < -0.39 is 11.9 Å². The number of carbonyl (C=O) groups excluding carboxylic acids is 2. The second-order valence-electron chi connectivity index (χ2n) is 6.68. The van der Waals surface area contributed by atoms with Crippen LogP contribution < -0.4 is 0 Å². The van der Waals surface area contributed by atoms with Gasteiger partial charge in [0.05, 0.1) is 23.5 Å². The second-order valence-corrected chi connectivity index (χ2v) is 7.12. The topological polar surface area (TPSA) is 90.8 Å². The van der Waals surface area contributed by atoms with E-state index in [9.17, 15) is 14.4 Å². The molecule has 0 unspecified atom stereocenters. The van der Waals surface area contributed by atoms with Crippen LogP contribution in [0, 0.1) is 5.92 Å². The van der Waals surface area contributed by atoms with Crippen molar-refractivity contribution in [1.29, 1.82) is 0 Å². The summed E-state index contributed by atoms with van der Waals surface area (Å²) in [6, 6.07) is 6.88. The molecule has 2 aromatic rings. The molecule has 3 rings (SSSR count). The predicted molar refractivity (Wildman–Crippen MR) is 101 cm³/mol. The van der Waals surface area contributed by atoms with Crippen LogP contribution in [0.25, 0.3) is 10.9 Å². The average Bonchev–Trinajstić information content (AvgIpc) is 2.66. The van der Waals surface area contributed by atoms with Gasteiger partial charge in [0.15, 0.2) is 0 Å². The summed E-state index contributed by atoms with van der Waals surface area (Å²) >= 11 is 6.12. The lowest BCUT2D eigenvalue weighted by Gasteiger charge is -2.31. The number of aliphatic carboxylic acids is 1. The summed E-state index contributed by atoms with van der Waals surface area (Å²) in [4.78, 5) is 43.6. The van der Waals surface area contributed by atoms with E-state index in [2.05, 4.69) is 4.98 Å². The summed E-state index contributed by atoms with van der Waals surface area (Å²) in [7, 11) is 1.56. The van der Waals surface area contributed by atoms with Crippen LogP contribution in [-0.2, 0) is 9.59 Å². The number of aromatic nitrogens is 1. The number of amides is 2. The number of benzene rings is 1. The van der Waals surface area contributed by atoms with Crippen LogP contribution >= 0.6 is 11.6 Å². The minimum absolute atomic E-state index is 0.0859. The Morgan fingerprint density at radius 2 is 2.00 bits per heavy atom. The van der Waals surface area contributed by atoms with Crippen molar-refractivity contribution in [2.75, 3.05) is 26.7 Å². The monoisotopic (exact) mass is 389 g/mol. The average molecular weight is 390 g/mol. The van der Waals surface area contributed by atoms with Crippen LogP contribution in [0.15, 0.2) is 30.5 Å². The molecule has 7 nitrogen and oxygen atoms in total. The van der Waals surface area contributed by atoms with E-state index in [4.69, 9.17) is 16.7 Å². The molecule has 0 atom stereocenters. The quantitative estimate of drug-likeness (QED) is 0.866. The van der Waals surface area contributed by atoms with Crippen molar-refractivity contribution in [3.05, 3.63) is 41.0 Å². The van der Waals surface area contributed by atoms with E-state index in [-0.39, 0.29) is 18.4 Å². The number of halogens is 1. The van der Waals surface area contributed by atoms with Crippen molar-refractivity contribution in [3.8, 4) is 0 Å². The molecule has 1 aromatic carbocycles. The SMILES string of the molecule is CN(CC(=O)N1CCC(C(=O)O)CC1)C(=O)c1cc(Cl)cc2cccnc12. The number of fused-ring (bicyclic) bond motifs is 1. The van der Waals surface area contributed by atoms with Crippen LogP contribution in [0.2, 0.25) is 5.02 Å². The summed E-state index contributed by atoms with van der Waals surface area (Å²) in [5.41, 5.74) is 0.881. The molecule has 27 heavy (non-hydrogen) atoms. The molecule has 1 saturated heterocycles. The minimum Gasteiger partial charge on any atom is -0.481 e. The third-order valence-electron chi connectivity index (χ3n) is 4.82. The molecule has 0 saturated carbocycles. The Morgan fingerprint density at radius 1 is 1.30 bits per heavy atom. The number of rotatable bonds is 4. The minimum atomic E-state index is -0.824. The molecule has 1 aliphatic rings. The van der Waals surface area contributed by atoms with E-state index in [1.54, 1.807) is 36.3 Å². The number of hydrogen-bond donors (Lipinski definition) is 1. The first-order chi connectivity index (χ1) is 12.9. The van der Waals surface area contributed by atoms with Gasteiger partial charge in [-0.2, -0.15) is 0 Å². The number of hydrogen-bond acceptors (Lipinski definition) is 4. The lowest BCUT2D eigenvalue weighted by molar-refractivity contribution is -0.145. The highest BCUT2D eigenvalue weighted by Gasteiger charge is 2.28. The van der Waals surface area contributed by atoms with Crippen molar-refractivity contribution >= 4 is 40.3 Å². The van der Waals surface area contributed by atoms with Gasteiger partial charge in [0.1, 0.15) is 0 Å². The lowest BCUT2D eigenvalue weighted by atomic mass is 9.97. The number of likely N-dealkylation sites (tertiary alicyclic amines) is 1. The number of carboxylic acid groups (broad SMARTS) is 1. The van der Waals surface area contributed by atoms with E-state index in [1.807, 2.05) is 6.07 Å². The maximum absolute atomic E-state index is 12.8. The Balaban J connectivity index is 1.70. The molecule has 1 N–H and O–H groups in total. The fourth-order valence-electron chi connectivity index (χ4n) is 3.27. The number of carbonyl (C=O) groups is 3. The number of carboxylic acids is 1. The molecule has 0 aliphatic carbocycles. The molecule has 2 heterocycles. The van der Waals surface area contributed by atoms with Crippen LogP contribution in [-0.4, -0.2) is 64.4 Å². The van der Waals surface area contributed by atoms with Crippen molar-refractivity contribution in [1.82, 2.24) is 14.8 Å². The Morgan fingerprint density at radius 3 is 2.67 bits per heavy atom. The van der Waals surface area contributed by atoms with Gasteiger partial charge in [-0.3, -0.25) is 19.4 Å². The van der Waals surface area contributed by atoms with Crippen molar-refractivity contribution < 1.29 is 19.5 Å². The number of piperidine rings is 1. The lowest BCUT2D eigenvalue weighted by Crippen LogP contribution is -2.45. The molecule has 0 spiro atoms. The fourth-order valence-corrected chi connectivity index (χ4v) is 3.50. The first-order valence-corrected chi connectivity index (χ1v) is 9.05. The fraction of sp³-hybridized carbons (Fsp3) is 0.368. The van der Waals surface area contributed by atoms with Crippen LogP contribution in [0.4, 0.5) is 0 Å². The van der Waals surface area contributed by atoms with Gasteiger partial charge in [-0.05, 0) is 31.0 Å². The highest BCUT2D eigenvalue weighted by atomic mass is 35.5. The molecule has 0 radical (unpaired) electrons. The molecule has 1 aliphatic heterocycles. The molecule has 1 aromatic heterocycles. The predicted octanol–water partition coefficient (Wildman–Crippen LogP) is 2.28. The standard InChI is InChI=1S/C19H20ClN3O4/c1-22(11-16(24)23-7-4-12(5-8-23)19(26)27)18(25)15-10-14(20)9-13-3-2-6-21-17(13)15/h2-3,6,9-10,12H,4-5,7-8,11H2,1H3,(H,26,27). The van der Waals surface area contributed by atoms with Gasteiger partial charge < -0.3 is 14.9 Å². The molecule has 0 bridgehead atoms. The van der Waals surface area contributed by atoms with Gasteiger partial charge in [-0.1, -0.05) is 17.7 Å². The molecule has 2 amide bonds. The van der Waals surface area contributed by atoms with Gasteiger partial charge in [-0.25, -0.2) is 0 Å². The second kappa shape index (κ2) is 7.92. The van der Waals surface area contributed by atoms with E-state index in [0.717, 1.165) is 5.39 Å².